The first-order valence-corrected chi connectivity index (χ1v) is 8.32. The molecule has 3 aromatic rings. The number of hydrogen-bond donors (Lipinski definition) is 0. The summed E-state index contributed by atoms with van der Waals surface area (Å²) in [6.07, 6.45) is -0.349. The maximum atomic E-state index is 11.8. The van der Waals surface area contributed by atoms with Crippen LogP contribution in [0.2, 0.25) is 5.02 Å². The fourth-order valence-corrected chi connectivity index (χ4v) is 2.83. The minimum atomic E-state index is -0.349. The molecule has 1 aromatic heterocycles. The van der Waals surface area contributed by atoms with E-state index in [1.807, 2.05) is 54.8 Å². The number of fused-ring (bicyclic) bond motifs is 1. The van der Waals surface area contributed by atoms with Crippen molar-refractivity contribution >= 4 is 28.6 Å². The second kappa shape index (κ2) is 7.15. The summed E-state index contributed by atoms with van der Waals surface area (Å²) in [6.45, 7) is 3.91. The highest BCUT2D eigenvalue weighted by molar-refractivity contribution is 6.31. The van der Waals surface area contributed by atoms with Crippen LogP contribution in [0.25, 0.3) is 11.0 Å². The molecule has 0 saturated heterocycles. The highest BCUT2D eigenvalue weighted by Crippen LogP contribution is 2.27. The van der Waals surface area contributed by atoms with Gasteiger partial charge in [0.2, 0.25) is 0 Å². The maximum absolute atomic E-state index is 11.8. The Kier molecular flexibility index (Phi) is 4.95. The van der Waals surface area contributed by atoms with Crippen LogP contribution >= 0.6 is 11.6 Å². The zero-order valence-electron chi connectivity index (χ0n) is 14.3. The van der Waals surface area contributed by atoms with E-state index in [0.717, 1.165) is 16.6 Å². The number of benzene rings is 2. The fourth-order valence-electron chi connectivity index (χ4n) is 2.71. The number of carbonyl (C=O) groups excluding carboxylic acids is 1. The molecule has 0 saturated carbocycles. The number of hydrogen-bond acceptors (Lipinski definition) is 4. The average molecular weight is 359 g/mol. The number of methoxy groups -OCH3 is 1. The molecule has 1 atom stereocenters. The highest BCUT2D eigenvalue weighted by atomic mass is 35.5. The lowest BCUT2D eigenvalue weighted by atomic mass is 10.2. The summed E-state index contributed by atoms with van der Waals surface area (Å²) in [5.41, 5.74) is 2.62. The predicted molar refractivity (Wildman–Crippen MR) is 97.0 cm³/mol. The molecule has 130 valence electrons. The summed E-state index contributed by atoms with van der Waals surface area (Å²) in [5.74, 6) is 1.03. The van der Waals surface area contributed by atoms with E-state index in [-0.39, 0.29) is 18.6 Å². The van der Waals surface area contributed by atoms with Crippen LogP contribution in [0.5, 0.6) is 5.75 Å². The molecule has 3 rings (SSSR count). The lowest BCUT2D eigenvalue weighted by Crippen LogP contribution is -2.17. The number of carbonyl (C=O) groups is 1. The molecule has 0 radical (unpaired) electrons. The summed E-state index contributed by atoms with van der Waals surface area (Å²) in [4.78, 5) is 16.5. The largest absolute Gasteiger partial charge is 0.483 e. The second-order valence-corrected chi connectivity index (χ2v) is 6.20. The van der Waals surface area contributed by atoms with Gasteiger partial charge in [-0.05, 0) is 49.7 Å². The Morgan fingerprint density at radius 2 is 2.04 bits per heavy atom. The van der Waals surface area contributed by atoms with Crippen molar-refractivity contribution in [2.75, 3.05) is 7.11 Å². The monoisotopic (exact) mass is 358 g/mol. The Labute approximate surface area is 151 Å². The molecule has 0 bridgehead atoms. The number of rotatable bonds is 5. The number of ether oxygens (including phenoxy) is 2. The summed E-state index contributed by atoms with van der Waals surface area (Å²) in [6, 6.07) is 13.2. The standard InChI is InChI=1S/C19H19ClN2O3/c1-12-10-14(8-9-15(12)20)25-13(2)19-21-16-6-4-5-7-17(16)22(19)11-18(23)24-3/h4-10,13H,11H2,1-3H3. The number of para-hydroxylation sites is 2. The van der Waals surface area contributed by atoms with E-state index in [0.29, 0.717) is 16.6 Å². The smallest absolute Gasteiger partial charge is 0.325 e. The van der Waals surface area contributed by atoms with Crippen LogP contribution in [-0.2, 0) is 16.1 Å². The molecule has 6 heteroatoms. The number of aryl methyl sites for hydroxylation is 1. The van der Waals surface area contributed by atoms with Crippen molar-refractivity contribution in [1.82, 2.24) is 9.55 Å². The normalized spacial score (nSPS) is 12.2. The van der Waals surface area contributed by atoms with E-state index in [1.165, 1.54) is 7.11 Å². The third-order valence-electron chi connectivity index (χ3n) is 4.00. The Balaban J connectivity index is 1.96. The van der Waals surface area contributed by atoms with Gasteiger partial charge in [0.1, 0.15) is 12.3 Å². The molecule has 0 amide bonds. The molecular formula is C19H19ClN2O3. The van der Waals surface area contributed by atoms with Crippen LogP contribution < -0.4 is 4.74 Å². The Morgan fingerprint density at radius 3 is 2.76 bits per heavy atom. The van der Waals surface area contributed by atoms with Crippen LogP contribution in [0.1, 0.15) is 24.4 Å². The lowest BCUT2D eigenvalue weighted by molar-refractivity contribution is -0.141. The highest BCUT2D eigenvalue weighted by Gasteiger charge is 2.20. The topological polar surface area (TPSA) is 53.4 Å². The van der Waals surface area contributed by atoms with Gasteiger partial charge in [-0.15, -0.1) is 0 Å². The molecule has 0 N–H and O–H groups in total. The maximum Gasteiger partial charge on any atom is 0.325 e. The molecular weight excluding hydrogens is 340 g/mol. The second-order valence-electron chi connectivity index (χ2n) is 5.79. The van der Waals surface area contributed by atoms with Crippen LogP contribution in [0.4, 0.5) is 0 Å². The van der Waals surface area contributed by atoms with Crippen molar-refractivity contribution in [3.8, 4) is 5.75 Å². The van der Waals surface area contributed by atoms with Crippen molar-refractivity contribution in [1.29, 1.82) is 0 Å². The predicted octanol–water partition coefficient (Wildman–Crippen LogP) is 4.31. The van der Waals surface area contributed by atoms with Gasteiger partial charge >= 0.3 is 5.97 Å². The molecule has 0 aliphatic carbocycles. The number of imidazole rings is 1. The third-order valence-corrected chi connectivity index (χ3v) is 4.43. The van der Waals surface area contributed by atoms with E-state index in [1.54, 1.807) is 6.07 Å². The SMILES string of the molecule is COC(=O)Cn1c(C(C)Oc2ccc(Cl)c(C)c2)nc2ccccc21. The average Bonchev–Trinajstić information content (AvgIpc) is 2.97. The summed E-state index contributed by atoms with van der Waals surface area (Å²) < 4.78 is 12.7. The van der Waals surface area contributed by atoms with Crippen molar-refractivity contribution in [3.63, 3.8) is 0 Å². The Bertz CT molecular complexity index is 920. The van der Waals surface area contributed by atoms with Crippen LogP contribution in [0.3, 0.4) is 0 Å². The van der Waals surface area contributed by atoms with Crippen molar-refractivity contribution in [3.05, 3.63) is 58.9 Å². The van der Waals surface area contributed by atoms with Gasteiger partial charge in [-0.25, -0.2) is 4.98 Å². The van der Waals surface area contributed by atoms with Gasteiger partial charge in [0.15, 0.2) is 11.9 Å². The van der Waals surface area contributed by atoms with Gasteiger partial charge in [-0.3, -0.25) is 4.79 Å². The van der Waals surface area contributed by atoms with Crippen LogP contribution in [0, 0.1) is 6.92 Å². The zero-order valence-corrected chi connectivity index (χ0v) is 15.1. The first kappa shape index (κ1) is 17.3. The molecule has 0 aliphatic rings. The molecule has 25 heavy (non-hydrogen) atoms. The summed E-state index contributed by atoms with van der Waals surface area (Å²) in [7, 11) is 1.37. The van der Waals surface area contributed by atoms with E-state index < -0.39 is 0 Å². The van der Waals surface area contributed by atoms with Gasteiger partial charge in [0.25, 0.3) is 0 Å². The quantitative estimate of drug-likeness (QED) is 0.638. The van der Waals surface area contributed by atoms with Gasteiger partial charge in [0, 0.05) is 5.02 Å². The summed E-state index contributed by atoms with van der Waals surface area (Å²) in [5, 5.41) is 0.693. The number of nitrogens with zero attached hydrogens (tertiary/aromatic N) is 2. The fraction of sp³-hybridized carbons (Fsp3) is 0.263. The molecule has 0 spiro atoms. The first-order chi connectivity index (χ1) is 12.0. The number of aromatic nitrogens is 2. The Morgan fingerprint density at radius 1 is 1.28 bits per heavy atom. The van der Waals surface area contributed by atoms with Gasteiger partial charge in [-0.2, -0.15) is 0 Å². The molecule has 0 fully saturated rings. The van der Waals surface area contributed by atoms with Gasteiger partial charge < -0.3 is 14.0 Å². The lowest BCUT2D eigenvalue weighted by Gasteiger charge is -2.16. The van der Waals surface area contributed by atoms with E-state index in [2.05, 4.69) is 4.98 Å². The van der Waals surface area contributed by atoms with Crippen LogP contribution in [-0.4, -0.2) is 22.6 Å². The zero-order chi connectivity index (χ0) is 18.0. The van der Waals surface area contributed by atoms with Gasteiger partial charge in [-0.1, -0.05) is 23.7 Å². The van der Waals surface area contributed by atoms with Crippen molar-refractivity contribution in [2.45, 2.75) is 26.5 Å². The van der Waals surface area contributed by atoms with E-state index in [9.17, 15) is 4.79 Å². The van der Waals surface area contributed by atoms with Crippen LogP contribution in [0.15, 0.2) is 42.5 Å². The van der Waals surface area contributed by atoms with Crippen molar-refractivity contribution in [2.24, 2.45) is 0 Å². The molecule has 1 unspecified atom stereocenters. The van der Waals surface area contributed by atoms with E-state index in [4.69, 9.17) is 21.1 Å². The number of halogens is 1. The number of esters is 1. The van der Waals surface area contributed by atoms with Crippen molar-refractivity contribution < 1.29 is 14.3 Å². The molecule has 5 nitrogen and oxygen atoms in total. The molecule has 1 heterocycles. The third kappa shape index (κ3) is 3.61. The first-order valence-electron chi connectivity index (χ1n) is 7.94. The molecule has 2 aromatic carbocycles. The minimum absolute atomic E-state index is 0.0830. The van der Waals surface area contributed by atoms with Gasteiger partial charge in [0.05, 0.1) is 18.1 Å². The Hall–Kier alpha value is -2.53. The van der Waals surface area contributed by atoms with E-state index >= 15 is 0 Å². The summed E-state index contributed by atoms with van der Waals surface area (Å²) >= 11 is 6.06. The molecule has 0 aliphatic heterocycles. The minimum Gasteiger partial charge on any atom is -0.483 e.